The number of hydrogen-bond donors (Lipinski definition) is 2. The first-order valence-electron chi connectivity index (χ1n) is 13.3. The minimum atomic E-state index is -1.07. The van der Waals surface area contributed by atoms with Crippen LogP contribution in [0.25, 0.3) is 0 Å². The van der Waals surface area contributed by atoms with E-state index in [-0.39, 0.29) is 34.4 Å². The quantitative estimate of drug-likeness (QED) is 0.397. The summed E-state index contributed by atoms with van der Waals surface area (Å²) in [4.78, 5) is 28.8. The van der Waals surface area contributed by atoms with Crippen molar-refractivity contribution in [2.24, 2.45) is 11.3 Å². The van der Waals surface area contributed by atoms with Crippen molar-refractivity contribution in [1.82, 2.24) is 0 Å². The minimum absolute atomic E-state index is 0.111. The Morgan fingerprint density at radius 3 is 2.49 bits per heavy atom. The average molecular weight is 530 g/mol. The summed E-state index contributed by atoms with van der Waals surface area (Å²) >= 11 is 1.11. The molecule has 7 nitrogen and oxygen atoms in total. The van der Waals surface area contributed by atoms with Crippen LogP contribution >= 0.6 is 11.3 Å². The van der Waals surface area contributed by atoms with Crippen LogP contribution < -0.4 is 4.90 Å². The smallest absolute Gasteiger partial charge is 0.348 e. The second kappa shape index (κ2) is 11.7. The minimum Gasteiger partial charge on any atom is -0.477 e. The third-order valence-corrected chi connectivity index (χ3v) is 8.31. The number of anilines is 1. The summed E-state index contributed by atoms with van der Waals surface area (Å²) in [7, 11) is 0. The first kappa shape index (κ1) is 27.8. The normalized spacial score (nSPS) is 28.2. The summed E-state index contributed by atoms with van der Waals surface area (Å²) < 4.78 is 11.7. The number of amides is 1. The van der Waals surface area contributed by atoms with Gasteiger partial charge in [-0.3, -0.25) is 4.79 Å². The Morgan fingerprint density at radius 2 is 1.89 bits per heavy atom. The van der Waals surface area contributed by atoms with Gasteiger partial charge in [0.05, 0.1) is 41.4 Å². The van der Waals surface area contributed by atoms with Gasteiger partial charge in [-0.2, -0.15) is 0 Å². The van der Waals surface area contributed by atoms with E-state index in [1.54, 1.807) is 11.0 Å². The van der Waals surface area contributed by atoms with Crippen LogP contribution in [0.4, 0.5) is 5.69 Å². The second-order valence-corrected chi connectivity index (χ2v) is 12.6. The molecule has 0 spiro atoms. The largest absolute Gasteiger partial charge is 0.477 e. The molecule has 0 radical (unpaired) electrons. The van der Waals surface area contributed by atoms with Gasteiger partial charge in [0.1, 0.15) is 4.88 Å². The SMILES string of the molecule is CC1=CC[C@@H](C(=O)N(c2cc(C#CC(C)(C)C)sc2C(=O)O)[C@H]2CC[C@H](OC3CCOC3)CC2)[C@@H](O)C1. The van der Waals surface area contributed by atoms with Crippen molar-refractivity contribution < 1.29 is 29.3 Å². The highest BCUT2D eigenvalue weighted by Gasteiger charge is 2.40. The number of carboxylic acid groups (broad SMARTS) is 1. The number of carboxylic acids is 1. The van der Waals surface area contributed by atoms with E-state index in [0.717, 1.165) is 42.8 Å². The zero-order valence-electron chi connectivity index (χ0n) is 22.3. The highest BCUT2D eigenvalue weighted by atomic mass is 32.1. The maximum Gasteiger partial charge on any atom is 0.348 e. The summed E-state index contributed by atoms with van der Waals surface area (Å²) in [6.07, 6.45) is 6.28. The molecule has 4 rings (SSSR count). The molecule has 3 atom stereocenters. The summed E-state index contributed by atoms with van der Waals surface area (Å²) in [6.45, 7) is 9.32. The van der Waals surface area contributed by atoms with E-state index < -0.39 is 18.0 Å². The Morgan fingerprint density at radius 1 is 1.16 bits per heavy atom. The van der Waals surface area contributed by atoms with E-state index in [2.05, 4.69) is 11.8 Å². The molecule has 37 heavy (non-hydrogen) atoms. The lowest BCUT2D eigenvalue weighted by atomic mass is 9.84. The average Bonchev–Trinajstić information content (AvgIpc) is 3.49. The number of carbonyl (C=O) groups is 2. The fourth-order valence-corrected chi connectivity index (χ4v) is 6.18. The van der Waals surface area contributed by atoms with Crippen LogP contribution in [0.15, 0.2) is 17.7 Å². The third-order valence-electron chi connectivity index (χ3n) is 7.28. The van der Waals surface area contributed by atoms with Crippen molar-refractivity contribution in [2.75, 3.05) is 18.1 Å². The summed E-state index contributed by atoms with van der Waals surface area (Å²) in [6, 6.07) is 1.59. The van der Waals surface area contributed by atoms with Gasteiger partial charge in [-0.05, 0) is 78.7 Å². The van der Waals surface area contributed by atoms with Crippen molar-refractivity contribution in [2.45, 2.75) is 97.0 Å². The van der Waals surface area contributed by atoms with Crippen LogP contribution in [0.2, 0.25) is 0 Å². The van der Waals surface area contributed by atoms with Crippen LogP contribution in [0.3, 0.4) is 0 Å². The van der Waals surface area contributed by atoms with Crippen LogP contribution in [0.1, 0.15) is 87.2 Å². The van der Waals surface area contributed by atoms with Gasteiger partial charge in [0.2, 0.25) is 5.91 Å². The first-order valence-corrected chi connectivity index (χ1v) is 14.1. The van der Waals surface area contributed by atoms with Crippen molar-refractivity contribution in [3.8, 4) is 11.8 Å². The number of rotatable bonds is 6. The number of allylic oxidation sites excluding steroid dienone is 1. The van der Waals surface area contributed by atoms with Gasteiger partial charge in [-0.25, -0.2) is 4.79 Å². The molecule has 1 saturated heterocycles. The monoisotopic (exact) mass is 529 g/mol. The molecule has 1 aromatic heterocycles. The molecule has 1 aliphatic heterocycles. The highest BCUT2D eigenvalue weighted by molar-refractivity contribution is 7.15. The van der Waals surface area contributed by atoms with E-state index in [4.69, 9.17) is 9.47 Å². The maximum atomic E-state index is 14.0. The third kappa shape index (κ3) is 7.02. The van der Waals surface area contributed by atoms with Gasteiger partial charge in [0.25, 0.3) is 0 Å². The van der Waals surface area contributed by atoms with Crippen LogP contribution in [0, 0.1) is 23.2 Å². The number of aliphatic hydroxyl groups is 1. The Hall–Kier alpha value is -2.18. The molecule has 0 aromatic carbocycles. The van der Waals surface area contributed by atoms with Crippen molar-refractivity contribution in [3.63, 3.8) is 0 Å². The van der Waals surface area contributed by atoms with E-state index in [1.165, 1.54) is 0 Å². The van der Waals surface area contributed by atoms with Gasteiger partial charge in [0.15, 0.2) is 0 Å². The van der Waals surface area contributed by atoms with Gasteiger partial charge in [0, 0.05) is 18.1 Å². The van der Waals surface area contributed by atoms with Crippen LogP contribution in [0.5, 0.6) is 0 Å². The molecule has 1 unspecified atom stereocenters. The lowest BCUT2D eigenvalue weighted by Crippen LogP contribution is -2.49. The molecule has 0 bridgehead atoms. The fraction of sp³-hybridized carbons (Fsp3) is 0.655. The molecule has 2 heterocycles. The van der Waals surface area contributed by atoms with Gasteiger partial charge >= 0.3 is 5.97 Å². The van der Waals surface area contributed by atoms with Crippen LogP contribution in [-0.4, -0.2) is 59.7 Å². The maximum absolute atomic E-state index is 14.0. The molecule has 2 fully saturated rings. The predicted octanol–water partition coefficient (Wildman–Crippen LogP) is 5.01. The number of thiophene rings is 1. The molecule has 1 saturated carbocycles. The molecular weight excluding hydrogens is 490 g/mol. The number of ether oxygens (including phenoxy) is 2. The fourth-order valence-electron chi connectivity index (χ4n) is 5.34. The number of nitrogens with zero attached hydrogens (tertiary/aromatic N) is 1. The molecule has 3 aliphatic rings. The molecule has 8 heteroatoms. The molecule has 2 N–H and O–H groups in total. The van der Waals surface area contributed by atoms with E-state index >= 15 is 0 Å². The second-order valence-electron chi connectivity index (χ2n) is 11.6. The molecule has 202 valence electrons. The lowest BCUT2D eigenvalue weighted by molar-refractivity contribution is -0.127. The van der Waals surface area contributed by atoms with E-state index in [9.17, 15) is 19.8 Å². The number of hydrogen-bond acceptors (Lipinski definition) is 6. The Bertz CT molecular complexity index is 1080. The molecule has 1 aromatic rings. The Balaban J connectivity index is 1.63. The standard InChI is InChI=1S/C29H39NO6S/c1-18-5-10-23(25(31)15-18)27(32)30(19-6-8-20(9-7-19)36-21-12-14-35-17-21)24-16-22(11-13-29(2,3)4)37-26(24)28(33)34/h5,16,19-21,23,25,31H,6-10,12,14-15,17H2,1-4H3,(H,33,34)/t19-,20-,21?,23-,25+/m1/s1. The predicted molar refractivity (Wildman–Crippen MR) is 144 cm³/mol. The Kier molecular flexibility index (Phi) is 8.80. The summed E-state index contributed by atoms with van der Waals surface area (Å²) in [5.41, 5.74) is 1.23. The van der Waals surface area contributed by atoms with Gasteiger partial charge in [-0.1, -0.05) is 23.5 Å². The van der Waals surface area contributed by atoms with Crippen molar-refractivity contribution in [3.05, 3.63) is 27.5 Å². The van der Waals surface area contributed by atoms with Gasteiger partial charge in [-0.15, -0.1) is 11.3 Å². The Labute approximate surface area is 223 Å². The van der Waals surface area contributed by atoms with E-state index in [1.807, 2.05) is 33.8 Å². The zero-order valence-corrected chi connectivity index (χ0v) is 23.1. The zero-order chi connectivity index (χ0) is 26.7. The highest BCUT2D eigenvalue weighted by Crippen LogP contribution is 2.38. The van der Waals surface area contributed by atoms with Crippen molar-refractivity contribution in [1.29, 1.82) is 0 Å². The number of carbonyl (C=O) groups excluding carboxylic acids is 1. The topological polar surface area (TPSA) is 96.3 Å². The summed E-state index contributed by atoms with van der Waals surface area (Å²) in [5.74, 6) is 4.41. The lowest BCUT2D eigenvalue weighted by Gasteiger charge is -2.40. The summed E-state index contributed by atoms with van der Waals surface area (Å²) in [5, 5.41) is 20.9. The van der Waals surface area contributed by atoms with Crippen LogP contribution in [-0.2, 0) is 14.3 Å². The number of aliphatic hydroxyl groups excluding tert-OH is 1. The van der Waals surface area contributed by atoms with E-state index in [0.29, 0.717) is 42.9 Å². The molecule has 2 aliphatic carbocycles. The van der Waals surface area contributed by atoms with Gasteiger partial charge < -0.3 is 24.6 Å². The number of aromatic carboxylic acids is 1. The molecule has 1 amide bonds. The van der Waals surface area contributed by atoms with Crippen molar-refractivity contribution >= 4 is 28.9 Å². The molecular formula is C29H39NO6S. The first-order chi connectivity index (χ1) is 17.5.